The van der Waals surface area contributed by atoms with Gasteiger partial charge in [-0.1, -0.05) is 12.1 Å². The molecular weight excluding hydrogens is 313 g/mol. The number of hydrogen-bond acceptors (Lipinski definition) is 4. The standard InChI is InChI=1S/C17H16FN3O3/c1-3-24-17(22)20-15-9-8-14(10-16(15)21(2)23)19-11-12-4-6-13(18)7-5-12/h4-11H,3H2,1-2H3/p+1. The lowest BCUT2D eigenvalue weighted by Gasteiger charge is -2.06. The van der Waals surface area contributed by atoms with E-state index < -0.39 is 6.09 Å². The number of amides is 1. The van der Waals surface area contributed by atoms with Gasteiger partial charge >= 0.3 is 6.09 Å². The third-order valence-electron chi connectivity index (χ3n) is 3.07. The maximum atomic E-state index is 12.9. The van der Waals surface area contributed by atoms with Gasteiger partial charge in [0, 0.05) is 21.9 Å². The molecule has 2 rings (SSSR count). The molecule has 0 unspecified atom stereocenters. The Morgan fingerprint density at radius 3 is 2.62 bits per heavy atom. The summed E-state index contributed by atoms with van der Waals surface area (Å²) in [7, 11) is 1.32. The Morgan fingerprint density at radius 1 is 1.29 bits per heavy atom. The van der Waals surface area contributed by atoms with Crippen LogP contribution in [-0.2, 0) is 4.74 Å². The van der Waals surface area contributed by atoms with Crippen LogP contribution in [0.2, 0.25) is 0 Å². The van der Waals surface area contributed by atoms with Gasteiger partial charge < -0.3 is 4.74 Å². The molecule has 0 saturated heterocycles. The number of carbonyl (C=O) groups excluding carboxylic acids is 1. The summed E-state index contributed by atoms with van der Waals surface area (Å²) in [4.78, 5) is 27.4. The summed E-state index contributed by atoms with van der Waals surface area (Å²) in [6.45, 7) is 1.92. The number of hydrogen-bond donors (Lipinski definition) is 1. The van der Waals surface area contributed by atoms with E-state index in [0.717, 1.165) is 5.56 Å². The molecule has 0 fully saturated rings. The molecule has 0 saturated carbocycles. The summed E-state index contributed by atoms with van der Waals surface area (Å²) >= 11 is 0. The minimum atomic E-state index is -0.636. The Balaban J connectivity index is 2.23. The van der Waals surface area contributed by atoms with Gasteiger partial charge in [0.25, 0.3) is 5.69 Å². The molecule has 124 valence electrons. The third-order valence-corrected chi connectivity index (χ3v) is 3.07. The van der Waals surface area contributed by atoms with Crippen molar-refractivity contribution in [3.05, 3.63) is 58.8 Å². The molecule has 0 aliphatic rings. The number of aliphatic imine (C=N–C) groups is 1. The molecule has 7 heteroatoms. The largest absolute Gasteiger partial charge is 0.450 e. The van der Waals surface area contributed by atoms with Crippen LogP contribution in [0.25, 0.3) is 0 Å². The van der Waals surface area contributed by atoms with Gasteiger partial charge in [-0.3, -0.25) is 10.3 Å². The van der Waals surface area contributed by atoms with Crippen molar-refractivity contribution in [1.82, 2.24) is 0 Å². The fourth-order valence-electron chi connectivity index (χ4n) is 1.94. The highest BCUT2D eigenvalue weighted by molar-refractivity contribution is 5.89. The van der Waals surface area contributed by atoms with Crippen LogP contribution in [-0.4, -0.2) is 30.7 Å². The second-order valence-electron chi connectivity index (χ2n) is 4.85. The zero-order valence-electron chi connectivity index (χ0n) is 13.3. The van der Waals surface area contributed by atoms with Gasteiger partial charge in [0.15, 0.2) is 7.05 Å². The van der Waals surface area contributed by atoms with Crippen molar-refractivity contribution in [2.24, 2.45) is 4.99 Å². The molecule has 0 atom stereocenters. The average Bonchev–Trinajstić information content (AvgIpc) is 2.55. The van der Waals surface area contributed by atoms with Gasteiger partial charge in [-0.15, -0.1) is 0 Å². The average molecular weight is 330 g/mol. The SMILES string of the molecule is CCOC(=O)Nc1ccc(N=Cc2ccc(F)cc2)cc1[N+](C)=O. The molecule has 0 aromatic heterocycles. The molecule has 0 bridgehead atoms. The fourth-order valence-corrected chi connectivity index (χ4v) is 1.94. The predicted molar refractivity (Wildman–Crippen MR) is 90.0 cm³/mol. The van der Waals surface area contributed by atoms with E-state index in [-0.39, 0.29) is 18.1 Å². The first kappa shape index (κ1) is 17.3. The number of nitrogens with one attached hydrogen (secondary N) is 1. The van der Waals surface area contributed by atoms with Crippen molar-refractivity contribution in [3.8, 4) is 0 Å². The van der Waals surface area contributed by atoms with Gasteiger partial charge in [0.1, 0.15) is 11.5 Å². The monoisotopic (exact) mass is 330 g/mol. The van der Waals surface area contributed by atoms with Crippen molar-refractivity contribution in [2.75, 3.05) is 19.0 Å². The maximum Gasteiger partial charge on any atom is 0.411 e. The van der Waals surface area contributed by atoms with E-state index in [0.29, 0.717) is 16.1 Å². The Bertz CT molecular complexity index is 773. The second-order valence-corrected chi connectivity index (χ2v) is 4.85. The summed E-state index contributed by atoms with van der Waals surface area (Å²) in [5.74, 6) is -0.322. The van der Waals surface area contributed by atoms with Crippen molar-refractivity contribution in [2.45, 2.75) is 6.92 Å². The Morgan fingerprint density at radius 2 is 2.00 bits per heavy atom. The number of ether oxygens (including phenoxy) is 1. The number of nitrogens with zero attached hydrogens (tertiary/aromatic N) is 2. The molecule has 24 heavy (non-hydrogen) atoms. The lowest BCUT2D eigenvalue weighted by Crippen LogP contribution is -2.14. The molecule has 1 amide bonds. The van der Waals surface area contributed by atoms with E-state index in [1.54, 1.807) is 37.4 Å². The van der Waals surface area contributed by atoms with Crippen LogP contribution in [0.4, 0.5) is 26.2 Å². The Hall–Kier alpha value is -3.09. The molecule has 2 aromatic carbocycles. The van der Waals surface area contributed by atoms with Crippen LogP contribution >= 0.6 is 0 Å². The number of anilines is 1. The molecule has 0 spiro atoms. The van der Waals surface area contributed by atoms with E-state index in [1.807, 2.05) is 0 Å². The van der Waals surface area contributed by atoms with Gasteiger partial charge in [-0.25, -0.2) is 9.18 Å². The predicted octanol–water partition coefficient (Wildman–Crippen LogP) is 4.18. The Kier molecular flexibility index (Phi) is 5.73. The normalized spacial score (nSPS) is 10.6. The van der Waals surface area contributed by atoms with Crippen LogP contribution in [0.15, 0.2) is 47.5 Å². The topological polar surface area (TPSA) is 70.8 Å². The third kappa shape index (κ3) is 4.70. The van der Waals surface area contributed by atoms with E-state index in [1.165, 1.54) is 25.2 Å². The molecule has 1 N–H and O–H groups in total. The van der Waals surface area contributed by atoms with E-state index in [4.69, 9.17) is 4.74 Å². The minimum Gasteiger partial charge on any atom is -0.450 e. The number of carbonyl (C=O) groups is 1. The van der Waals surface area contributed by atoms with Crippen molar-refractivity contribution >= 4 is 29.4 Å². The molecule has 0 aliphatic carbocycles. The molecular formula is C17H17FN3O3+. The first-order chi connectivity index (χ1) is 11.5. The number of rotatable bonds is 5. The number of halogens is 1. The smallest absolute Gasteiger partial charge is 0.411 e. The zero-order chi connectivity index (χ0) is 17.5. The highest BCUT2D eigenvalue weighted by atomic mass is 19.1. The lowest BCUT2D eigenvalue weighted by atomic mass is 10.2. The summed E-state index contributed by atoms with van der Waals surface area (Å²) in [6.07, 6.45) is 0.921. The molecule has 0 aliphatic heterocycles. The van der Waals surface area contributed by atoms with Crippen molar-refractivity contribution < 1.29 is 18.7 Å². The lowest BCUT2D eigenvalue weighted by molar-refractivity contribution is -0.427. The molecule has 2 aromatic rings. The highest BCUT2D eigenvalue weighted by Crippen LogP contribution is 2.29. The van der Waals surface area contributed by atoms with Crippen LogP contribution < -0.4 is 5.32 Å². The van der Waals surface area contributed by atoms with E-state index in [9.17, 15) is 14.1 Å². The first-order valence-corrected chi connectivity index (χ1v) is 7.28. The van der Waals surface area contributed by atoms with E-state index >= 15 is 0 Å². The first-order valence-electron chi connectivity index (χ1n) is 7.28. The van der Waals surface area contributed by atoms with Gasteiger partial charge in [0.2, 0.25) is 0 Å². The van der Waals surface area contributed by atoms with Crippen LogP contribution in [0.1, 0.15) is 12.5 Å². The molecule has 6 nitrogen and oxygen atoms in total. The van der Waals surface area contributed by atoms with Crippen molar-refractivity contribution in [3.63, 3.8) is 0 Å². The summed E-state index contributed by atoms with van der Waals surface area (Å²) < 4.78 is 18.3. The Labute approximate surface area is 138 Å². The highest BCUT2D eigenvalue weighted by Gasteiger charge is 2.17. The maximum absolute atomic E-state index is 12.9. The fraction of sp³-hybridized carbons (Fsp3) is 0.176. The van der Waals surface area contributed by atoms with E-state index in [2.05, 4.69) is 10.3 Å². The van der Waals surface area contributed by atoms with Gasteiger partial charge in [-0.05, 0) is 36.8 Å². The number of nitroso groups, excluding NO2 is 1. The molecule has 0 radical (unpaired) electrons. The van der Waals surface area contributed by atoms with Crippen molar-refractivity contribution in [1.29, 1.82) is 0 Å². The number of benzene rings is 2. The van der Waals surface area contributed by atoms with Crippen LogP contribution in [0.3, 0.4) is 0 Å². The van der Waals surface area contributed by atoms with Crippen LogP contribution in [0.5, 0.6) is 0 Å². The van der Waals surface area contributed by atoms with Gasteiger partial charge in [0.05, 0.1) is 12.3 Å². The quantitative estimate of drug-likeness (QED) is 0.660. The van der Waals surface area contributed by atoms with Crippen LogP contribution in [0, 0.1) is 10.7 Å². The zero-order valence-corrected chi connectivity index (χ0v) is 13.3. The minimum absolute atomic E-state index is 0.231. The molecule has 0 heterocycles. The van der Waals surface area contributed by atoms with Gasteiger partial charge in [-0.2, -0.15) is 0 Å². The summed E-state index contributed by atoms with van der Waals surface area (Å²) in [6, 6.07) is 10.6. The summed E-state index contributed by atoms with van der Waals surface area (Å²) in [5, 5.41) is 2.50. The summed E-state index contributed by atoms with van der Waals surface area (Å²) in [5.41, 5.74) is 1.82. The second kappa shape index (κ2) is 7.96.